The quantitative estimate of drug-likeness (QED) is 0.628. The zero-order valence-corrected chi connectivity index (χ0v) is 11.2. The molecule has 0 atom stereocenters. The van der Waals surface area contributed by atoms with Gasteiger partial charge in [-0.3, -0.25) is 9.52 Å². The molecule has 0 saturated carbocycles. The van der Waals surface area contributed by atoms with Crippen LogP contribution in [0, 0.1) is 0 Å². The predicted octanol–water partition coefficient (Wildman–Crippen LogP) is 1.23. The van der Waals surface area contributed by atoms with Crippen LogP contribution in [0.5, 0.6) is 0 Å². The number of rotatable bonds is 5. The first kappa shape index (κ1) is 14.6. The zero-order valence-electron chi connectivity index (χ0n) is 9.64. The van der Waals surface area contributed by atoms with Crippen molar-refractivity contribution < 1.29 is 17.9 Å². The molecule has 0 spiro atoms. The summed E-state index contributed by atoms with van der Waals surface area (Å²) in [5.41, 5.74) is 6.05. The predicted molar refractivity (Wildman–Crippen MR) is 69.9 cm³/mol. The SMILES string of the molecule is CCOC(=O)CS(=O)(=O)Nc1ccc(N)cc1Cl. The summed E-state index contributed by atoms with van der Waals surface area (Å²) in [7, 11) is -3.84. The average Bonchev–Trinajstić information content (AvgIpc) is 2.21. The number of carbonyl (C=O) groups is 1. The van der Waals surface area contributed by atoms with E-state index >= 15 is 0 Å². The van der Waals surface area contributed by atoms with Crippen LogP contribution in [0.1, 0.15) is 6.92 Å². The molecule has 0 radical (unpaired) electrons. The molecule has 0 fully saturated rings. The number of esters is 1. The Labute approximate surface area is 110 Å². The molecule has 6 nitrogen and oxygen atoms in total. The number of anilines is 2. The van der Waals surface area contributed by atoms with Crippen LogP contribution in [0.4, 0.5) is 11.4 Å². The second-order valence-corrected chi connectivity index (χ2v) is 5.53. The Morgan fingerprint density at radius 1 is 1.50 bits per heavy atom. The largest absolute Gasteiger partial charge is 0.465 e. The van der Waals surface area contributed by atoms with Crippen LogP contribution < -0.4 is 10.5 Å². The fourth-order valence-corrected chi connectivity index (χ4v) is 2.45. The molecule has 0 bridgehead atoms. The van der Waals surface area contributed by atoms with Crippen molar-refractivity contribution in [2.24, 2.45) is 0 Å². The van der Waals surface area contributed by atoms with E-state index in [2.05, 4.69) is 9.46 Å². The fraction of sp³-hybridized carbons (Fsp3) is 0.300. The number of carbonyl (C=O) groups excluding carboxylic acids is 1. The third-order valence-corrected chi connectivity index (χ3v) is 3.33. The highest BCUT2D eigenvalue weighted by molar-refractivity contribution is 7.93. The highest BCUT2D eigenvalue weighted by atomic mass is 35.5. The summed E-state index contributed by atoms with van der Waals surface area (Å²) >= 11 is 5.81. The summed E-state index contributed by atoms with van der Waals surface area (Å²) in [6.45, 7) is 1.71. The molecule has 0 aliphatic heterocycles. The number of hydrogen-bond donors (Lipinski definition) is 2. The standard InChI is InChI=1S/C10H13ClN2O4S/c1-2-17-10(14)6-18(15,16)13-9-4-3-7(12)5-8(9)11/h3-5,13H,2,6,12H2,1H3. The molecule has 100 valence electrons. The van der Waals surface area contributed by atoms with Crippen molar-refractivity contribution in [3.63, 3.8) is 0 Å². The van der Waals surface area contributed by atoms with E-state index < -0.39 is 21.7 Å². The fourth-order valence-electron chi connectivity index (χ4n) is 1.18. The Morgan fingerprint density at radius 2 is 2.17 bits per heavy atom. The van der Waals surface area contributed by atoms with Crippen LogP contribution in [-0.4, -0.2) is 26.7 Å². The number of ether oxygens (including phenoxy) is 1. The lowest BCUT2D eigenvalue weighted by Crippen LogP contribution is -2.24. The molecule has 0 amide bonds. The van der Waals surface area contributed by atoms with Gasteiger partial charge in [-0.2, -0.15) is 0 Å². The highest BCUT2D eigenvalue weighted by Gasteiger charge is 2.18. The molecule has 1 aromatic carbocycles. The summed E-state index contributed by atoms with van der Waals surface area (Å²) in [5.74, 6) is -1.58. The molecule has 18 heavy (non-hydrogen) atoms. The van der Waals surface area contributed by atoms with Crippen LogP contribution >= 0.6 is 11.6 Å². The molecule has 0 unspecified atom stereocenters. The maximum Gasteiger partial charge on any atom is 0.323 e. The van der Waals surface area contributed by atoms with Crippen molar-refractivity contribution in [1.29, 1.82) is 0 Å². The van der Waals surface area contributed by atoms with E-state index in [0.717, 1.165) is 0 Å². The molecule has 0 aromatic heterocycles. The lowest BCUT2D eigenvalue weighted by atomic mass is 10.3. The summed E-state index contributed by atoms with van der Waals surface area (Å²) in [6.07, 6.45) is 0. The summed E-state index contributed by atoms with van der Waals surface area (Å²) in [6, 6.07) is 4.32. The monoisotopic (exact) mass is 292 g/mol. The number of nitrogens with two attached hydrogens (primary N) is 1. The first-order valence-corrected chi connectivity index (χ1v) is 7.08. The van der Waals surface area contributed by atoms with Crippen molar-refractivity contribution in [3.05, 3.63) is 23.2 Å². The third kappa shape index (κ3) is 4.42. The van der Waals surface area contributed by atoms with E-state index in [9.17, 15) is 13.2 Å². The minimum absolute atomic E-state index is 0.122. The Balaban J connectivity index is 2.79. The first-order chi connectivity index (χ1) is 8.34. The molecule has 3 N–H and O–H groups in total. The smallest absolute Gasteiger partial charge is 0.323 e. The minimum Gasteiger partial charge on any atom is -0.465 e. The van der Waals surface area contributed by atoms with Gasteiger partial charge >= 0.3 is 5.97 Å². The second kappa shape index (κ2) is 5.92. The van der Waals surface area contributed by atoms with Crippen LogP contribution in [0.25, 0.3) is 0 Å². The molecular weight excluding hydrogens is 280 g/mol. The lowest BCUT2D eigenvalue weighted by Gasteiger charge is -2.09. The van der Waals surface area contributed by atoms with Gasteiger partial charge in [-0.05, 0) is 25.1 Å². The van der Waals surface area contributed by atoms with Crippen LogP contribution in [0.2, 0.25) is 5.02 Å². The Kier molecular flexibility index (Phi) is 4.80. The van der Waals surface area contributed by atoms with Gasteiger partial charge in [0.05, 0.1) is 17.3 Å². The van der Waals surface area contributed by atoms with Gasteiger partial charge in [0.1, 0.15) is 0 Å². The van der Waals surface area contributed by atoms with Gasteiger partial charge in [0.15, 0.2) is 5.75 Å². The van der Waals surface area contributed by atoms with E-state index in [1.54, 1.807) is 6.92 Å². The minimum atomic E-state index is -3.84. The van der Waals surface area contributed by atoms with Gasteiger partial charge in [-0.1, -0.05) is 11.6 Å². The van der Waals surface area contributed by atoms with Crippen molar-refractivity contribution in [2.45, 2.75) is 6.92 Å². The van der Waals surface area contributed by atoms with Crippen molar-refractivity contribution >= 4 is 39.0 Å². The molecule has 0 aliphatic rings. The van der Waals surface area contributed by atoms with Crippen molar-refractivity contribution in [1.82, 2.24) is 0 Å². The number of hydrogen-bond acceptors (Lipinski definition) is 5. The molecule has 0 saturated heterocycles. The maximum atomic E-state index is 11.6. The molecule has 1 rings (SSSR count). The van der Waals surface area contributed by atoms with Crippen molar-refractivity contribution in [2.75, 3.05) is 22.8 Å². The summed E-state index contributed by atoms with van der Waals surface area (Å²) in [5, 5.41) is 0.155. The molecule has 0 heterocycles. The Morgan fingerprint density at radius 3 is 2.72 bits per heavy atom. The Bertz CT molecular complexity index is 545. The average molecular weight is 293 g/mol. The maximum absolute atomic E-state index is 11.6. The van der Waals surface area contributed by atoms with E-state index in [4.69, 9.17) is 17.3 Å². The lowest BCUT2D eigenvalue weighted by molar-refractivity contribution is -0.139. The van der Waals surface area contributed by atoms with Crippen LogP contribution in [-0.2, 0) is 19.6 Å². The molecular formula is C10H13ClN2O4S. The second-order valence-electron chi connectivity index (χ2n) is 3.41. The topological polar surface area (TPSA) is 98.5 Å². The molecule has 0 aliphatic carbocycles. The number of nitrogen functional groups attached to an aromatic ring is 1. The highest BCUT2D eigenvalue weighted by Crippen LogP contribution is 2.24. The Hall–Kier alpha value is -1.47. The van der Waals surface area contributed by atoms with E-state index in [1.807, 2.05) is 0 Å². The van der Waals surface area contributed by atoms with Gasteiger partial charge < -0.3 is 10.5 Å². The van der Waals surface area contributed by atoms with E-state index in [1.165, 1.54) is 18.2 Å². The van der Waals surface area contributed by atoms with Crippen LogP contribution in [0.3, 0.4) is 0 Å². The number of benzene rings is 1. The normalized spacial score (nSPS) is 11.0. The third-order valence-electron chi connectivity index (χ3n) is 1.87. The van der Waals surface area contributed by atoms with Crippen LogP contribution in [0.15, 0.2) is 18.2 Å². The number of sulfonamides is 1. The number of halogens is 1. The van der Waals surface area contributed by atoms with Crippen molar-refractivity contribution in [3.8, 4) is 0 Å². The number of nitrogens with one attached hydrogen (secondary N) is 1. The zero-order chi connectivity index (χ0) is 13.8. The van der Waals surface area contributed by atoms with Gasteiger partial charge in [0.2, 0.25) is 10.0 Å². The van der Waals surface area contributed by atoms with Gasteiger partial charge in [-0.25, -0.2) is 8.42 Å². The molecule has 8 heteroatoms. The van der Waals surface area contributed by atoms with Gasteiger partial charge in [0.25, 0.3) is 0 Å². The summed E-state index contributed by atoms with van der Waals surface area (Å²) in [4.78, 5) is 11.1. The van der Waals surface area contributed by atoms with E-state index in [-0.39, 0.29) is 17.3 Å². The van der Waals surface area contributed by atoms with Gasteiger partial charge in [0, 0.05) is 5.69 Å². The first-order valence-electron chi connectivity index (χ1n) is 5.05. The van der Waals surface area contributed by atoms with Gasteiger partial charge in [-0.15, -0.1) is 0 Å². The van der Waals surface area contributed by atoms with E-state index in [0.29, 0.717) is 5.69 Å². The summed E-state index contributed by atoms with van der Waals surface area (Å²) < 4.78 is 30.0. The molecule has 1 aromatic rings.